The van der Waals surface area contributed by atoms with Gasteiger partial charge in [-0.05, 0) is 32.3 Å². The molecule has 0 radical (unpaired) electrons. The topological polar surface area (TPSA) is 35.5 Å². The molecule has 1 aromatic carbocycles. The van der Waals surface area contributed by atoms with E-state index in [1.165, 1.54) is 5.56 Å². The van der Waals surface area contributed by atoms with Crippen molar-refractivity contribution >= 4 is 5.97 Å². The molecule has 0 aliphatic heterocycles. The van der Waals surface area contributed by atoms with Gasteiger partial charge in [0.1, 0.15) is 6.61 Å². The van der Waals surface area contributed by atoms with Gasteiger partial charge >= 0.3 is 5.97 Å². The number of esters is 1. The van der Waals surface area contributed by atoms with Gasteiger partial charge in [-0.2, -0.15) is 0 Å². The summed E-state index contributed by atoms with van der Waals surface area (Å²) >= 11 is 0. The molecule has 0 aliphatic carbocycles. The van der Waals surface area contributed by atoms with Gasteiger partial charge in [-0.3, -0.25) is 4.79 Å². The minimum absolute atomic E-state index is 0.140. The van der Waals surface area contributed by atoms with Crippen LogP contribution in [0.2, 0.25) is 0 Å². The molecule has 18 heavy (non-hydrogen) atoms. The SMILES string of the molecule is CC(C)OCCOC(=O)CCCc1ccccc1. The lowest BCUT2D eigenvalue weighted by molar-refractivity contribution is -0.145. The van der Waals surface area contributed by atoms with Crippen LogP contribution in [0.4, 0.5) is 0 Å². The van der Waals surface area contributed by atoms with E-state index < -0.39 is 0 Å². The Balaban J connectivity index is 2.03. The summed E-state index contributed by atoms with van der Waals surface area (Å²) in [5.74, 6) is -0.140. The van der Waals surface area contributed by atoms with Crippen LogP contribution in [0.3, 0.4) is 0 Å². The Labute approximate surface area is 109 Å². The molecule has 0 N–H and O–H groups in total. The molecule has 3 nitrogen and oxygen atoms in total. The fourth-order valence-electron chi connectivity index (χ4n) is 1.59. The first-order valence-corrected chi connectivity index (χ1v) is 6.49. The van der Waals surface area contributed by atoms with Crippen molar-refractivity contribution in [2.75, 3.05) is 13.2 Å². The number of hydrogen-bond donors (Lipinski definition) is 0. The zero-order chi connectivity index (χ0) is 13.2. The minimum atomic E-state index is -0.140. The van der Waals surface area contributed by atoms with Crippen LogP contribution in [0.1, 0.15) is 32.3 Å². The van der Waals surface area contributed by atoms with E-state index >= 15 is 0 Å². The maximum Gasteiger partial charge on any atom is 0.305 e. The lowest BCUT2D eigenvalue weighted by Gasteiger charge is -2.08. The van der Waals surface area contributed by atoms with E-state index in [1.54, 1.807) is 0 Å². The smallest absolute Gasteiger partial charge is 0.305 e. The van der Waals surface area contributed by atoms with Crippen molar-refractivity contribution in [2.24, 2.45) is 0 Å². The summed E-state index contributed by atoms with van der Waals surface area (Å²) in [4.78, 5) is 11.4. The highest BCUT2D eigenvalue weighted by molar-refractivity contribution is 5.69. The zero-order valence-corrected chi connectivity index (χ0v) is 11.2. The summed E-state index contributed by atoms with van der Waals surface area (Å²) in [7, 11) is 0. The van der Waals surface area contributed by atoms with Gasteiger partial charge in [0.15, 0.2) is 0 Å². The van der Waals surface area contributed by atoms with Crippen molar-refractivity contribution in [1.82, 2.24) is 0 Å². The predicted molar refractivity (Wildman–Crippen MR) is 71.4 cm³/mol. The summed E-state index contributed by atoms with van der Waals surface area (Å²) in [6.07, 6.45) is 2.39. The van der Waals surface area contributed by atoms with E-state index in [0.29, 0.717) is 19.6 Å². The van der Waals surface area contributed by atoms with E-state index in [-0.39, 0.29) is 12.1 Å². The fourth-order valence-corrected chi connectivity index (χ4v) is 1.59. The lowest BCUT2D eigenvalue weighted by Crippen LogP contribution is -2.13. The van der Waals surface area contributed by atoms with Gasteiger partial charge in [-0.1, -0.05) is 30.3 Å². The summed E-state index contributed by atoms with van der Waals surface area (Å²) in [6.45, 7) is 4.74. The van der Waals surface area contributed by atoms with Gasteiger partial charge in [0.05, 0.1) is 12.7 Å². The van der Waals surface area contributed by atoms with Crippen LogP contribution >= 0.6 is 0 Å². The van der Waals surface area contributed by atoms with Crippen molar-refractivity contribution < 1.29 is 14.3 Å². The van der Waals surface area contributed by atoms with Crippen molar-refractivity contribution in [3.8, 4) is 0 Å². The van der Waals surface area contributed by atoms with E-state index in [9.17, 15) is 4.79 Å². The Morgan fingerprint density at radius 3 is 2.56 bits per heavy atom. The third-order valence-electron chi connectivity index (χ3n) is 2.49. The molecule has 1 aromatic rings. The molecule has 100 valence electrons. The molecular weight excluding hydrogens is 228 g/mol. The Bertz CT molecular complexity index is 333. The molecule has 0 unspecified atom stereocenters. The fraction of sp³-hybridized carbons (Fsp3) is 0.533. The first-order chi connectivity index (χ1) is 8.68. The summed E-state index contributed by atoms with van der Waals surface area (Å²) < 4.78 is 10.4. The average molecular weight is 250 g/mol. The highest BCUT2D eigenvalue weighted by Gasteiger charge is 2.03. The molecule has 0 amide bonds. The second-order valence-electron chi connectivity index (χ2n) is 4.48. The van der Waals surface area contributed by atoms with Crippen LogP contribution in [0.5, 0.6) is 0 Å². The Kier molecular flexibility index (Phi) is 7.11. The number of aryl methyl sites for hydroxylation is 1. The number of rotatable bonds is 8. The average Bonchev–Trinajstić information content (AvgIpc) is 2.36. The molecular formula is C15H22O3. The van der Waals surface area contributed by atoms with E-state index in [1.807, 2.05) is 32.0 Å². The number of ether oxygens (including phenoxy) is 2. The van der Waals surface area contributed by atoms with E-state index in [0.717, 1.165) is 12.8 Å². The molecule has 0 fully saturated rings. The second kappa shape index (κ2) is 8.70. The Morgan fingerprint density at radius 1 is 1.17 bits per heavy atom. The molecule has 0 atom stereocenters. The number of carbonyl (C=O) groups is 1. The maximum atomic E-state index is 11.4. The Morgan fingerprint density at radius 2 is 1.89 bits per heavy atom. The highest BCUT2D eigenvalue weighted by atomic mass is 16.6. The van der Waals surface area contributed by atoms with E-state index in [2.05, 4.69) is 12.1 Å². The van der Waals surface area contributed by atoms with Crippen molar-refractivity contribution in [3.63, 3.8) is 0 Å². The molecule has 1 rings (SSSR count). The van der Waals surface area contributed by atoms with Crippen LogP contribution in [-0.2, 0) is 20.7 Å². The molecule has 3 heteroatoms. The van der Waals surface area contributed by atoms with Crippen LogP contribution in [0.15, 0.2) is 30.3 Å². The van der Waals surface area contributed by atoms with Gasteiger partial charge in [0.2, 0.25) is 0 Å². The zero-order valence-electron chi connectivity index (χ0n) is 11.2. The van der Waals surface area contributed by atoms with Gasteiger partial charge in [0, 0.05) is 6.42 Å². The summed E-state index contributed by atoms with van der Waals surface area (Å²) in [6, 6.07) is 10.2. The molecule has 0 saturated heterocycles. The minimum Gasteiger partial charge on any atom is -0.463 e. The van der Waals surface area contributed by atoms with Crippen LogP contribution in [-0.4, -0.2) is 25.3 Å². The predicted octanol–water partition coefficient (Wildman–Crippen LogP) is 2.98. The normalized spacial score (nSPS) is 10.6. The Hall–Kier alpha value is -1.35. The third-order valence-corrected chi connectivity index (χ3v) is 2.49. The third kappa shape index (κ3) is 7.07. The quantitative estimate of drug-likeness (QED) is 0.525. The standard InChI is InChI=1S/C15H22O3/c1-13(2)17-11-12-18-15(16)10-6-9-14-7-4-3-5-8-14/h3-5,7-8,13H,6,9-12H2,1-2H3. The monoisotopic (exact) mass is 250 g/mol. The van der Waals surface area contributed by atoms with Gasteiger partial charge in [-0.25, -0.2) is 0 Å². The van der Waals surface area contributed by atoms with Crippen molar-refractivity contribution in [3.05, 3.63) is 35.9 Å². The lowest BCUT2D eigenvalue weighted by atomic mass is 10.1. The number of hydrogen-bond acceptors (Lipinski definition) is 3. The number of carbonyl (C=O) groups excluding carboxylic acids is 1. The molecule has 0 spiro atoms. The second-order valence-corrected chi connectivity index (χ2v) is 4.48. The van der Waals surface area contributed by atoms with Gasteiger partial charge in [0.25, 0.3) is 0 Å². The first kappa shape index (κ1) is 14.7. The van der Waals surface area contributed by atoms with Crippen molar-refractivity contribution in [2.45, 2.75) is 39.2 Å². The van der Waals surface area contributed by atoms with Gasteiger partial charge < -0.3 is 9.47 Å². The summed E-state index contributed by atoms with van der Waals surface area (Å²) in [5.41, 5.74) is 1.26. The van der Waals surface area contributed by atoms with Crippen LogP contribution in [0, 0.1) is 0 Å². The molecule has 0 heterocycles. The first-order valence-electron chi connectivity index (χ1n) is 6.49. The molecule has 0 bridgehead atoms. The maximum absolute atomic E-state index is 11.4. The largest absolute Gasteiger partial charge is 0.463 e. The van der Waals surface area contributed by atoms with Crippen LogP contribution in [0.25, 0.3) is 0 Å². The molecule has 0 aliphatic rings. The van der Waals surface area contributed by atoms with Crippen LogP contribution < -0.4 is 0 Å². The van der Waals surface area contributed by atoms with Gasteiger partial charge in [-0.15, -0.1) is 0 Å². The summed E-state index contributed by atoms with van der Waals surface area (Å²) in [5, 5.41) is 0. The highest BCUT2D eigenvalue weighted by Crippen LogP contribution is 2.05. The molecule has 0 saturated carbocycles. The van der Waals surface area contributed by atoms with E-state index in [4.69, 9.17) is 9.47 Å². The van der Waals surface area contributed by atoms with Crippen molar-refractivity contribution in [1.29, 1.82) is 0 Å². The number of benzene rings is 1. The molecule has 0 aromatic heterocycles.